The highest BCUT2D eigenvalue weighted by Crippen LogP contribution is 2.11. The Kier molecular flexibility index (Phi) is 5.38. The van der Waals surface area contributed by atoms with Crippen molar-refractivity contribution in [2.75, 3.05) is 31.6 Å². The summed E-state index contributed by atoms with van der Waals surface area (Å²) in [6.07, 6.45) is 2.23. The molecule has 5 nitrogen and oxygen atoms in total. The van der Waals surface area contributed by atoms with Crippen LogP contribution in [0.3, 0.4) is 0 Å². The van der Waals surface area contributed by atoms with Crippen molar-refractivity contribution in [3.63, 3.8) is 0 Å². The van der Waals surface area contributed by atoms with Crippen LogP contribution in [0.2, 0.25) is 0 Å². The standard InChI is InChI=1S/C15H23N3O2/c1-12-4-6-13(7-5-12)17-15(20)18(9-10-19)11-14-3-2-8-16-14/h4-7,14,16,19H,2-3,8-11H2,1H3,(H,17,20). The summed E-state index contributed by atoms with van der Waals surface area (Å²) in [5, 5.41) is 15.4. The van der Waals surface area contributed by atoms with Crippen molar-refractivity contribution in [1.29, 1.82) is 0 Å². The fourth-order valence-corrected chi connectivity index (χ4v) is 2.41. The van der Waals surface area contributed by atoms with Crippen LogP contribution in [0.4, 0.5) is 10.5 Å². The summed E-state index contributed by atoms with van der Waals surface area (Å²) in [6.45, 7) is 3.99. The topological polar surface area (TPSA) is 64.6 Å². The summed E-state index contributed by atoms with van der Waals surface area (Å²) < 4.78 is 0. The quantitative estimate of drug-likeness (QED) is 0.765. The Hall–Kier alpha value is -1.59. The molecule has 3 N–H and O–H groups in total. The van der Waals surface area contributed by atoms with Crippen LogP contribution in [0.25, 0.3) is 0 Å². The number of hydrogen-bond donors (Lipinski definition) is 3. The molecule has 1 atom stereocenters. The van der Waals surface area contributed by atoms with E-state index in [4.69, 9.17) is 5.11 Å². The zero-order chi connectivity index (χ0) is 14.4. The first-order chi connectivity index (χ1) is 9.69. The molecule has 1 fully saturated rings. The number of aliphatic hydroxyl groups is 1. The number of nitrogens with zero attached hydrogens (tertiary/aromatic N) is 1. The van der Waals surface area contributed by atoms with Gasteiger partial charge in [0.15, 0.2) is 0 Å². The van der Waals surface area contributed by atoms with Crippen LogP contribution in [0.15, 0.2) is 24.3 Å². The zero-order valence-corrected chi connectivity index (χ0v) is 11.9. The highest BCUT2D eigenvalue weighted by Gasteiger charge is 2.21. The van der Waals surface area contributed by atoms with Crippen LogP contribution in [0.1, 0.15) is 18.4 Å². The Labute approximate surface area is 120 Å². The molecule has 0 bridgehead atoms. The average Bonchev–Trinajstić information content (AvgIpc) is 2.94. The summed E-state index contributed by atoms with van der Waals surface area (Å²) in [5.41, 5.74) is 1.94. The lowest BCUT2D eigenvalue weighted by atomic mass is 10.2. The van der Waals surface area contributed by atoms with E-state index in [9.17, 15) is 4.79 Å². The van der Waals surface area contributed by atoms with Gasteiger partial charge in [0.25, 0.3) is 0 Å². The van der Waals surface area contributed by atoms with Crippen LogP contribution >= 0.6 is 0 Å². The fourth-order valence-electron chi connectivity index (χ4n) is 2.41. The largest absolute Gasteiger partial charge is 0.395 e. The Morgan fingerprint density at radius 3 is 2.80 bits per heavy atom. The molecule has 1 aliphatic heterocycles. The molecule has 1 aromatic rings. The molecule has 1 aliphatic rings. The summed E-state index contributed by atoms with van der Waals surface area (Å²) in [6, 6.07) is 7.88. The third-order valence-electron chi connectivity index (χ3n) is 3.56. The molecule has 1 saturated heterocycles. The van der Waals surface area contributed by atoms with Gasteiger partial charge in [-0.2, -0.15) is 0 Å². The maximum atomic E-state index is 12.3. The van der Waals surface area contributed by atoms with Crippen LogP contribution < -0.4 is 10.6 Å². The number of hydrogen-bond acceptors (Lipinski definition) is 3. The second-order valence-corrected chi connectivity index (χ2v) is 5.26. The Bertz CT molecular complexity index is 427. The minimum Gasteiger partial charge on any atom is -0.395 e. The van der Waals surface area contributed by atoms with Crippen LogP contribution in [0.5, 0.6) is 0 Å². The second-order valence-electron chi connectivity index (χ2n) is 5.26. The normalized spacial score (nSPS) is 18.0. The number of carbonyl (C=O) groups excluding carboxylic acids is 1. The van der Waals surface area contributed by atoms with E-state index < -0.39 is 0 Å². The Balaban J connectivity index is 1.93. The third-order valence-corrected chi connectivity index (χ3v) is 3.56. The molecule has 2 amide bonds. The van der Waals surface area contributed by atoms with Gasteiger partial charge in [0.2, 0.25) is 0 Å². The summed E-state index contributed by atoms with van der Waals surface area (Å²) >= 11 is 0. The molecule has 110 valence electrons. The van der Waals surface area contributed by atoms with Crippen molar-refractivity contribution in [2.45, 2.75) is 25.8 Å². The van der Waals surface area contributed by atoms with E-state index >= 15 is 0 Å². The lowest BCUT2D eigenvalue weighted by molar-refractivity contribution is 0.182. The van der Waals surface area contributed by atoms with Crippen LogP contribution in [-0.4, -0.2) is 48.3 Å². The second kappa shape index (κ2) is 7.26. The molecular formula is C15H23N3O2. The van der Waals surface area contributed by atoms with Gasteiger partial charge >= 0.3 is 6.03 Å². The summed E-state index contributed by atoms with van der Waals surface area (Å²) in [5.74, 6) is 0. The van der Waals surface area contributed by atoms with Crippen LogP contribution in [0, 0.1) is 6.92 Å². The van der Waals surface area contributed by atoms with Gasteiger partial charge < -0.3 is 20.6 Å². The van der Waals surface area contributed by atoms with Gasteiger partial charge in [0, 0.05) is 24.8 Å². The first-order valence-corrected chi connectivity index (χ1v) is 7.16. The van der Waals surface area contributed by atoms with Gasteiger partial charge in [0.1, 0.15) is 0 Å². The molecule has 0 saturated carbocycles. The molecule has 5 heteroatoms. The van der Waals surface area contributed by atoms with Crippen LogP contribution in [-0.2, 0) is 0 Å². The number of amides is 2. The van der Waals surface area contributed by atoms with E-state index in [1.54, 1.807) is 4.90 Å². The van der Waals surface area contributed by atoms with Gasteiger partial charge in [-0.15, -0.1) is 0 Å². The van der Waals surface area contributed by atoms with Crippen molar-refractivity contribution in [2.24, 2.45) is 0 Å². The van der Waals surface area contributed by atoms with Gasteiger partial charge in [0.05, 0.1) is 6.61 Å². The van der Waals surface area contributed by atoms with E-state index in [0.29, 0.717) is 19.1 Å². The average molecular weight is 277 g/mol. The molecule has 0 aliphatic carbocycles. The number of benzene rings is 1. The summed E-state index contributed by atoms with van der Waals surface area (Å²) in [4.78, 5) is 13.9. The van der Waals surface area contributed by atoms with Gasteiger partial charge in [-0.3, -0.25) is 0 Å². The maximum absolute atomic E-state index is 12.3. The van der Waals surface area contributed by atoms with Gasteiger partial charge in [-0.1, -0.05) is 17.7 Å². The van der Waals surface area contributed by atoms with Gasteiger partial charge in [-0.25, -0.2) is 4.79 Å². The molecule has 1 unspecified atom stereocenters. The monoisotopic (exact) mass is 277 g/mol. The van der Waals surface area contributed by atoms with Crippen molar-refractivity contribution >= 4 is 11.7 Å². The van der Waals surface area contributed by atoms with Gasteiger partial charge in [-0.05, 0) is 38.4 Å². The molecule has 0 spiro atoms. The molecule has 0 aromatic heterocycles. The highest BCUT2D eigenvalue weighted by molar-refractivity contribution is 5.89. The highest BCUT2D eigenvalue weighted by atomic mass is 16.3. The van der Waals surface area contributed by atoms with E-state index in [1.807, 2.05) is 31.2 Å². The molecule has 20 heavy (non-hydrogen) atoms. The van der Waals surface area contributed by atoms with E-state index in [-0.39, 0.29) is 12.6 Å². The number of aliphatic hydroxyl groups excluding tert-OH is 1. The minimum absolute atomic E-state index is 0.0198. The first-order valence-electron chi connectivity index (χ1n) is 7.16. The van der Waals surface area contributed by atoms with Crippen molar-refractivity contribution < 1.29 is 9.90 Å². The number of nitrogens with one attached hydrogen (secondary N) is 2. The molecule has 1 heterocycles. The minimum atomic E-state index is -0.156. The number of rotatable bonds is 5. The maximum Gasteiger partial charge on any atom is 0.321 e. The Morgan fingerprint density at radius 2 is 2.20 bits per heavy atom. The first kappa shape index (κ1) is 14.8. The van der Waals surface area contributed by atoms with E-state index in [0.717, 1.165) is 30.6 Å². The van der Waals surface area contributed by atoms with E-state index in [2.05, 4.69) is 10.6 Å². The molecule has 2 rings (SSSR count). The lowest BCUT2D eigenvalue weighted by Gasteiger charge is -2.25. The number of anilines is 1. The van der Waals surface area contributed by atoms with Crippen molar-refractivity contribution in [1.82, 2.24) is 10.2 Å². The number of urea groups is 1. The number of aryl methyl sites for hydroxylation is 1. The zero-order valence-electron chi connectivity index (χ0n) is 11.9. The smallest absolute Gasteiger partial charge is 0.321 e. The predicted octanol–water partition coefficient (Wildman–Crippen LogP) is 1.57. The predicted molar refractivity (Wildman–Crippen MR) is 79.9 cm³/mol. The lowest BCUT2D eigenvalue weighted by Crippen LogP contribution is -2.44. The number of carbonyl (C=O) groups is 1. The fraction of sp³-hybridized carbons (Fsp3) is 0.533. The molecule has 0 radical (unpaired) electrons. The van der Waals surface area contributed by atoms with E-state index in [1.165, 1.54) is 0 Å². The summed E-state index contributed by atoms with van der Waals surface area (Å²) in [7, 11) is 0. The Morgan fingerprint density at radius 1 is 1.45 bits per heavy atom. The van der Waals surface area contributed by atoms with Crippen molar-refractivity contribution in [3.8, 4) is 0 Å². The third kappa shape index (κ3) is 4.21. The van der Waals surface area contributed by atoms with Crippen molar-refractivity contribution in [3.05, 3.63) is 29.8 Å². The SMILES string of the molecule is Cc1ccc(NC(=O)N(CCO)CC2CCCN2)cc1. The molecule has 1 aromatic carbocycles. The molecular weight excluding hydrogens is 254 g/mol.